The largest absolute Gasteiger partial charge is 0.378 e. The maximum absolute atomic E-state index is 14.4. The van der Waals surface area contributed by atoms with Gasteiger partial charge in [-0.25, -0.2) is 4.39 Å². The van der Waals surface area contributed by atoms with Crippen molar-refractivity contribution in [1.29, 1.82) is 0 Å². The Morgan fingerprint density at radius 2 is 2.14 bits per heavy atom. The van der Waals surface area contributed by atoms with Crippen molar-refractivity contribution in [3.05, 3.63) is 24.0 Å². The number of nitrogens with zero attached hydrogens (tertiary/aromatic N) is 2. The van der Waals surface area contributed by atoms with Crippen molar-refractivity contribution >= 4 is 17.7 Å². The number of aldehydes is 1. The molecule has 0 radical (unpaired) electrons. The summed E-state index contributed by atoms with van der Waals surface area (Å²) in [5, 5.41) is 0. The fourth-order valence-corrected chi connectivity index (χ4v) is 2.86. The summed E-state index contributed by atoms with van der Waals surface area (Å²) in [7, 11) is 0. The van der Waals surface area contributed by atoms with Crippen molar-refractivity contribution in [2.45, 2.75) is 12.3 Å². The summed E-state index contributed by atoms with van der Waals surface area (Å²) in [6.07, 6.45) is -0.205. The first kappa shape index (κ1) is 15.2. The van der Waals surface area contributed by atoms with E-state index in [2.05, 4.69) is 0 Å². The van der Waals surface area contributed by atoms with Gasteiger partial charge in [-0.2, -0.15) is 0 Å². The smallest absolute Gasteiger partial charge is 0.187 e. The second-order valence-electron chi connectivity index (χ2n) is 5.41. The first-order valence-corrected chi connectivity index (χ1v) is 7.42. The lowest BCUT2D eigenvalue weighted by molar-refractivity contribution is -0.117. The average Bonchev–Trinajstić information content (AvgIpc) is 2.99. The Morgan fingerprint density at radius 1 is 1.36 bits per heavy atom. The summed E-state index contributed by atoms with van der Waals surface area (Å²) in [5.41, 5.74) is 6.77. The van der Waals surface area contributed by atoms with Crippen LogP contribution in [0.25, 0.3) is 0 Å². The third-order valence-corrected chi connectivity index (χ3v) is 4.03. The molecule has 1 aromatic carbocycles. The van der Waals surface area contributed by atoms with Gasteiger partial charge in [-0.3, -0.25) is 4.79 Å². The van der Waals surface area contributed by atoms with Gasteiger partial charge in [0, 0.05) is 31.9 Å². The van der Waals surface area contributed by atoms with Gasteiger partial charge in [-0.15, -0.1) is 0 Å². The van der Waals surface area contributed by atoms with Crippen molar-refractivity contribution in [3.8, 4) is 0 Å². The fraction of sp³-hybridized carbons (Fsp3) is 0.533. The average molecular weight is 309 g/mol. The predicted molar refractivity (Wildman–Crippen MR) is 80.6 cm³/mol. The number of rotatable bonds is 4. The van der Waals surface area contributed by atoms with Gasteiger partial charge in [-0.1, -0.05) is 0 Å². The van der Waals surface area contributed by atoms with Crippen LogP contribution in [-0.4, -0.2) is 58.0 Å². The van der Waals surface area contributed by atoms with Crippen LogP contribution >= 0.6 is 0 Å². The van der Waals surface area contributed by atoms with Gasteiger partial charge < -0.3 is 25.0 Å². The lowest BCUT2D eigenvalue weighted by Gasteiger charge is -2.30. The van der Waals surface area contributed by atoms with Crippen LogP contribution in [0, 0.1) is 5.82 Å². The monoisotopic (exact) mass is 309 g/mol. The quantitative estimate of drug-likeness (QED) is 0.810. The van der Waals surface area contributed by atoms with Crippen LogP contribution in [-0.2, 0) is 14.3 Å². The van der Waals surface area contributed by atoms with E-state index in [-0.39, 0.29) is 11.9 Å². The second-order valence-corrected chi connectivity index (χ2v) is 5.41. The van der Waals surface area contributed by atoms with E-state index < -0.39 is 6.23 Å². The molecular formula is C15H20FN3O3. The summed E-state index contributed by atoms with van der Waals surface area (Å²) in [5.74, 6) is -0.305. The molecule has 1 unspecified atom stereocenters. The van der Waals surface area contributed by atoms with E-state index in [9.17, 15) is 9.18 Å². The summed E-state index contributed by atoms with van der Waals surface area (Å²) in [6, 6.07) is 5.00. The maximum Gasteiger partial charge on any atom is 0.187 e. The molecule has 0 saturated carbocycles. The zero-order valence-electron chi connectivity index (χ0n) is 12.3. The van der Waals surface area contributed by atoms with Crippen molar-refractivity contribution in [1.82, 2.24) is 0 Å². The van der Waals surface area contributed by atoms with Gasteiger partial charge in [0.05, 0.1) is 25.0 Å². The van der Waals surface area contributed by atoms with Crippen molar-refractivity contribution in [2.75, 3.05) is 49.2 Å². The molecule has 2 atom stereocenters. The molecule has 2 fully saturated rings. The van der Waals surface area contributed by atoms with E-state index in [1.165, 1.54) is 6.07 Å². The van der Waals surface area contributed by atoms with Crippen LogP contribution in [0.5, 0.6) is 0 Å². The molecule has 0 bridgehead atoms. The molecule has 7 heteroatoms. The third kappa shape index (κ3) is 2.92. The highest BCUT2D eigenvalue weighted by molar-refractivity contribution is 5.67. The molecule has 2 heterocycles. The number of benzene rings is 1. The van der Waals surface area contributed by atoms with Gasteiger partial charge in [0.15, 0.2) is 12.5 Å². The second kappa shape index (κ2) is 6.60. The number of halogens is 1. The number of hydrogen-bond acceptors (Lipinski definition) is 6. The highest BCUT2D eigenvalue weighted by atomic mass is 19.1. The van der Waals surface area contributed by atoms with Crippen LogP contribution in [0.3, 0.4) is 0 Å². The molecule has 22 heavy (non-hydrogen) atoms. The Balaban J connectivity index is 1.80. The fourth-order valence-electron chi connectivity index (χ4n) is 2.86. The van der Waals surface area contributed by atoms with Crippen LogP contribution in [0.15, 0.2) is 18.2 Å². The highest BCUT2D eigenvalue weighted by Crippen LogP contribution is 2.29. The Kier molecular flexibility index (Phi) is 4.56. The molecule has 1 aromatic rings. The van der Waals surface area contributed by atoms with Gasteiger partial charge in [0.25, 0.3) is 0 Å². The van der Waals surface area contributed by atoms with Crippen LogP contribution in [0.2, 0.25) is 0 Å². The van der Waals surface area contributed by atoms with Crippen LogP contribution < -0.4 is 15.5 Å². The Bertz CT molecular complexity index is 537. The Hall–Kier alpha value is -1.70. The Labute approximate surface area is 128 Å². The molecule has 2 saturated heterocycles. The minimum Gasteiger partial charge on any atom is -0.378 e. The molecule has 3 rings (SSSR count). The number of morpholine rings is 1. The number of carbonyl (C=O) groups is 1. The van der Waals surface area contributed by atoms with E-state index in [0.717, 1.165) is 0 Å². The zero-order valence-corrected chi connectivity index (χ0v) is 12.3. The van der Waals surface area contributed by atoms with E-state index >= 15 is 0 Å². The van der Waals surface area contributed by atoms with Gasteiger partial charge in [0.2, 0.25) is 0 Å². The molecule has 120 valence electrons. The first-order chi connectivity index (χ1) is 10.7. The molecule has 2 N–H and O–H groups in total. The molecule has 2 aliphatic heterocycles. The minimum atomic E-state index is -0.706. The van der Waals surface area contributed by atoms with Crippen LogP contribution in [0.1, 0.15) is 0 Å². The predicted octanol–water partition coefficient (Wildman–Crippen LogP) is 0.351. The number of anilines is 2. The summed E-state index contributed by atoms with van der Waals surface area (Å²) in [4.78, 5) is 14.8. The van der Waals surface area contributed by atoms with E-state index in [0.29, 0.717) is 57.1 Å². The SMILES string of the molecule is NC[C@H]1CN(c2ccc(N3CCOCC3)c(F)c2)C(C=O)O1. The molecule has 6 nitrogen and oxygen atoms in total. The van der Waals surface area contributed by atoms with Crippen molar-refractivity contribution < 1.29 is 18.7 Å². The van der Waals surface area contributed by atoms with E-state index in [1.54, 1.807) is 11.0 Å². The number of hydrogen-bond donors (Lipinski definition) is 1. The number of nitrogens with two attached hydrogens (primary N) is 1. The summed E-state index contributed by atoms with van der Waals surface area (Å²) < 4.78 is 25.2. The minimum absolute atomic E-state index is 0.211. The normalized spacial score (nSPS) is 25.5. The van der Waals surface area contributed by atoms with E-state index in [4.69, 9.17) is 15.2 Å². The highest BCUT2D eigenvalue weighted by Gasteiger charge is 2.32. The van der Waals surface area contributed by atoms with Gasteiger partial charge in [-0.05, 0) is 18.2 Å². The third-order valence-electron chi connectivity index (χ3n) is 4.03. The molecule has 2 aliphatic rings. The molecule has 0 amide bonds. The topological polar surface area (TPSA) is 68.0 Å². The zero-order chi connectivity index (χ0) is 15.5. The maximum atomic E-state index is 14.4. The van der Waals surface area contributed by atoms with Crippen molar-refractivity contribution in [3.63, 3.8) is 0 Å². The van der Waals surface area contributed by atoms with E-state index in [1.807, 2.05) is 11.0 Å². The van der Waals surface area contributed by atoms with Gasteiger partial charge >= 0.3 is 0 Å². The Morgan fingerprint density at radius 3 is 2.77 bits per heavy atom. The lowest BCUT2D eigenvalue weighted by Crippen LogP contribution is -2.37. The molecule has 0 aromatic heterocycles. The molecular weight excluding hydrogens is 289 g/mol. The number of ether oxygens (including phenoxy) is 2. The molecule has 0 spiro atoms. The summed E-state index contributed by atoms with van der Waals surface area (Å²) >= 11 is 0. The number of carbonyl (C=O) groups excluding carboxylic acids is 1. The standard InChI is InChI=1S/C15H20FN3O3/c16-13-7-11(19-9-12(8-17)22-15(19)10-20)1-2-14(13)18-3-5-21-6-4-18/h1-2,7,10,12,15H,3-6,8-9,17H2/t12-,15?/m0/s1. The summed E-state index contributed by atoms with van der Waals surface area (Å²) in [6.45, 7) is 3.37. The van der Waals surface area contributed by atoms with Crippen LogP contribution in [0.4, 0.5) is 15.8 Å². The van der Waals surface area contributed by atoms with Crippen molar-refractivity contribution in [2.24, 2.45) is 5.73 Å². The molecule has 0 aliphatic carbocycles. The first-order valence-electron chi connectivity index (χ1n) is 7.42. The van der Waals surface area contributed by atoms with Gasteiger partial charge in [0.1, 0.15) is 5.82 Å². The lowest BCUT2D eigenvalue weighted by atomic mass is 10.2.